The molecule has 0 aliphatic rings. The molecule has 0 radical (unpaired) electrons. The Morgan fingerprint density at radius 3 is 3.00 bits per heavy atom. The first-order valence-electron chi connectivity index (χ1n) is 5.91. The number of halogens is 1. The van der Waals surface area contributed by atoms with E-state index in [9.17, 15) is 9.90 Å². The molecule has 1 amide bonds. The second-order valence-electron chi connectivity index (χ2n) is 3.99. The van der Waals surface area contributed by atoms with Gasteiger partial charge in [-0.05, 0) is 40.2 Å². The average molecular weight is 350 g/mol. The lowest BCUT2D eigenvalue weighted by molar-refractivity contribution is 0.0954. The van der Waals surface area contributed by atoms with Gasteiger partial charge in [0.1, 0.15) is 11.5 Å². The summed E-state index contributed by atoms with van der Waals surface area (Å²) in [5.74, 6) is 0.177. The molecule has 1 heterocycles. The van der Waals surface area contributed by atoms with Crippen LogP contribution >= 0.6 is 15.9 Å². The Hall–Kier alpha value is -2.41. The van der Waals surface area contributed by atoms with E-state index in [2.05, 4.69) is 31.4 Å². The fraction of sp³-hybridized carbons (Fsp3) is 0.0714. The predicted octanol–water partition coefficient (Wildman–Crippen LogP) is 2.32. The number of phenolic OH excluding ortho intramolecular Hbond substituents is 1. The fourth-order valence-electron chi connectivity index (χ4n) is 1.53. The summed E-state index contributed by atoms with van der Waals surface area (Å²) in [4.78, 5) is 15.6. The number of methoxy groups -OCH3 is 1. The zero-order valence-electron chi connectivity index (χ0n) is 11.1. The standard InChI is InChI=1S/C14H12BrN3O3/c1-21-11-5-10(13(19)12(15)6-11)8-17-18-14(20)9-3-2-4-16-7-9/h2-8,19H,1H3,(H,18,20). The summed E-state index contributed by atoms with van der Waals surface area (Å²) in [6.45, 7) is 0. The van der Waals surface area contributed by atoms with Crippen LogP contribution in [0.5, 0.6) is 11.5 Å². The summed E-state index contributed by atoms with van der Waals surface area (Å²) in [6.07, 6.45) is 4.34. The molecule has 0 saturated heterocycles. The molecule has 108 valence electrons. The van der Waals surface area contributed by atoms with Crippen LogP contribution in [-0.2, 0) is 0 Å². The van der Waals surface area contributed by atoms with E-state index in [0.29, 0.717) is 21.3 Å². The van der Waals surface area contributed by atoms with Gasteiger partial charge in [-0.25, -0.2) is 5.43 Å². The highest BCUT2D eigenvalue weighted by Gasteiger charge is 2.07. The van der Waals surface area contributed by atoms with E-state index in [0.717, 1.165) is 0 Å². The maximum Gasteiger partial charge on any atom is 0.272 e. The van der Waals surface area contributed by atoms with Crippen molar-refractivity contribution in [3.05, 3.63) is 52.3 Å². The number of hydrogen-bond acceptors (Lipinski definition) is 5. The Balaban J connectivity index is 2.12. The number of pyridine rings is 1. The third kappa shape index (κ3) is 3.79. The van der Waals surface area contributed by atoms with Crippen LogP contribution in [0.3, 0.4) is 0 Å². The monoisotopic (exact) mass is 349 g/mol. The molecule has 0 saturated carbocycles. The van der Waals surface area contributed by atoms with Gasteiger partial charge in [0.15, 0.2) is 0 Å². The number of rotatable bonds is 4. The predicted molar refractivity (Wildman–Crippen MR) is 81.7 cm³/mol. The highest BCUT2D eigenvalue weighted by molar-refractivity contribution is 9.10. The molecule has 2 rings (SSSR count). The number of ether oxygens (including phenoxy) is 1. The van der Waals surface area contributed by atoms with Gasteiger partial charge in [-0.15, -0.1) is 0 Å². The van der Waals surface area contributed by atoms with Crippen molar-refractivity contribution in [2.75, 3.05) is 7.11 Å². The Morgan fingerprint density at radius 2 is 2.33 bits per heavy atom. The van der Waals surface area contributed by atoms with Gasteiger partial charge in [0.2, 0.25) is 0 Å². The van der Waals surface area contributed by atoms with Crippen molar-refractivity contribution in [2.45, 2.75) is 0 Å². The van der Waals surface area contributed by atoms with Gasteiger partial charge in [-0.2, -0.15) is 5.10 Å². The molecule has 1 aromatic carbocycles. The minimum atomic E-state index is -0.388. The van der Waals surface area contributed by atoms with Crippen LogP contribution in [0.15, 0.2) is 46.2 Å². The summed E-state index contributed by atoms with van der Waals surface area (Å²) >= 11 is 3.21. The summed E-state index contributed by atoms with van der Waals surface area (Å²) in [5.41, 5.74) is 3.16. The lowest BCUT2D eigenvalue weighted by Crippen LogP contribution is -2.17. The molecule has 0 bridgehead atoms. The molecule has 0 atom stereocenters. The van der Waals surface area contributed by atoms with Crippen LogP contribution in [0.25, 0.3) is 0 Å². The number of hydrogen-bond donors (Lipinski definition) is 2. The molecule has 7 heteroatoms. The second-order valence-corrected chi connectivity index (χ2v) is 4.84. The molecule has 0 aliphatic carbocycles. The van der Waals surface area contributed by atoms with Crippen LogP contribution in [0.1, 0.15) is 15.9 Å². The fourth-order valence-corrected chi connectivity index (χ4v) is 1.99. The van der Waals surface area contributed by atoms with Crippen LogP contribution < -0.4 is 10.2 Å². The van der Waals surface area contributed by atoms with Crippen molar-refractivity contribution in [3.63, 3.8) is 0 Å². The van der Waals surface area contributed by atoms with Gasteiger partial charge in [0.25, 0.3) is 5.91 Å². The Morgan fingerprint density at radius 1 is 1.52 bits per heavy atom. The molecule has 0 spiro atoms. The normalized spacial score (nSPS) is 10.6. The van der Waals surface area contributed by atoms with Gasteiger partial charge in [-0.3, -0.25) is 9.78 Å². The zero-order valence-corrected chi connectivity index (χ0v) is 12.7. The van der Waals surface area contributed by atoms with Crippen molar-refractivity contribution in [1.82, 2.24) is 10.4 Å². The SMILES string of the molecule is COc1cc(Br)c(O)c(C=NNC(=O)c2cccnc2)c1. The number of aromatic hydroxyl groups is 1. The number of amides is 1. The van der Waals surface area contributed by atoms with E-state index >= 15 is 0 Å². The first-order valence-corrected chi connectivity index (χ1v) is 6.71. The number of phenols is 1. The topological polar surface area (TPSA) is 83.8 Å². The highest BCUT2D eigenvalue weighted by atomic mass is 79.9. The minimum Gasteiger partial charge on any atom is -0.506 e. The summed E-state index contributed by atoms with van der Waals surface area (Å²) < 4.78 is 5.56. The van der Waals surface area contributed by atoms with Crippen LogP contribution in [-0.4, -0.2) is 29.3 Å². The van der Waals surface area contributed by atoms with Crippen molar-refractivity contribution in [1.29, 1.82) is 0 Å². The number of carbonyl (C=O) groups is 1. The van der Waals surface area contributed by atoms with Gasteiger partial charge in [0, 0.05) is 18.0 Å². The van der Waals surface area contributed by atoms with Crippen molar-refractivity contribution < 1.29 is 14.6 Å². The number of aromatic nitrogens is 1. The summed E-state index contributed by atoms with van der Waals surface area (Å²) in [6, 6.07) is 6.50. The average Bonchev–Trinajstić information content (AvgIpc) is 2.51. The summed E-state index contributed by atoms with van der Waals surface area (Å²) in [7, 11) is 1.52. The quantitative estimate of drug-likeness (QED) is 0.655. The second kappa shape index (κ2) is 6.85. The molecule has 0 fully saturated rings. The van der Waals surface area contributed by atoms with E-state index < -0.39 is 0 Å². The first-order chi connectivity index (χ1) is 10.1. The molecule has 21 heavy (non-hydrogen) atoms. The largest absolute Gasteiger partial charge is 0.506 e. The molecule has 2 N–H and O–H groups in total. The van der Waals surface area contributed by atoms with E-state index in [1.807, 2.05) is 0 Å². The lowest BCUT2D eigenvalue weighted by atomic mass is 10.2. The van der Waals surface area contributed by atoms with Crippen molar-refractivity contribution >= 4 is 28.1 Å². The van der Waals surface area contributed by atoms with Gasteiger partial charge < -0.3 is 9.84 Å². The Bertz CT molecular complexity index is 675. The first kappa shape index (κ1) is 15.0. The molecule has 1 aromatic heterocycles. The number of nitrogens with one attached hydrogen (secondary N) is 1. The molecule has 0 aliphatic heterocycles. The Kier molecular flexibility index (Phi) is 4.89. The number of nitrogens with zero attached hydrogens (tertiary/aromatic N) is 2. The van der Waals surface area contributed by atoms with E-state index in [-0.39, 0.29) is 11.7 Å². The molecular formula is C14H12BrN3O3. The molecule has 6 nitrogen and oxygen atoms in total. The molecular weight excluding hydrogens is 338 g/mol. The lowest BCUT2D eigenvalue weighted by Gasteiger charge is -2.06. The van der Waals surface area contributed by atoms with Crippen LogP contribution in [0.4, 0.5) is 0 Å². The smallest absolute Gasteiger partial charge is 0.272 e. The number of benzene rings is 1. The van der Waals surface area contributed by atoms with Crippen LogP contribution in [0.2, 0.25) is 0 Å². The van der Waals surface area contributed by atoms with Crippen molar-refractivity contribution in [2.24, 2.45) is 5.10 Å². The van der Waals surface area contributed by atoms with Gasteiger partial charge in [-0.1, -0.05) is 0 Å². The highest BCUT2D eigenvalue weighted by Crippen LogP contribution is 2.31. The minimum absolute atomic E-state index is 0.00942. The van der Waals surface area contributed by atoms with Crippen molar-refractivity contribution in [3.8, 4) is 11.5 Å². The third-order valence-corrected chi connectivity index (χ3v) is 3.20. The van der Waals surface area contributed by atoms with Crippen LogP contribution in [0, 0.1) is 0 Å². The molecule has 0 unspecified atom stereocenters. The van der Waals surface area contributed by atoms with Gasteiger partial charge >= 0.3 is 0 Å². The molecule has 2 aromatic rings. The number of hydrazone groups is 1. The Labute approximate surface area is 129 Å². The van der Waals surface area contributed by atoms with E-state index in [1.54, 1.807) is 30.5 Å². The van der Waals surface area contributed by atoms with E-state index in [4.69, 9.17) is 4.74 Å². The third-order valence-electron chi connectivity index (χ3n) is 2.60. The summed E-state index contributed by atoms with van der Waals surface area (Å²) in [5, 5.41) is 13.7. The zero-order chi connectivity index (χ0) is 15.2. The number of carbonyl (C=O) groups excluding carboxylic acids is 1. The van der Waals surface area contributed by atoms with E-state index in [1.165, 1.54) is 19.5 Å². The maximum atomic E-state index is 11.7. The van der Waals surface area contributed by atoms with Gasteiger partial charge in [0.05, 0.1) is 23.4 Å². The maximum absolute atomic E-state index is 11.7.